The summed E-state index contributed by atoms with van der Waals surface area (Å²) in [6, 6.07) is 0. The van der Waals surface area contributed by atoms with Crippen molar-refractivity contribution < 1.29 is 130 Å². The van der Waals surface area contributed by atoms with Crippen LogP contribution in [0.2, 0.25) is 0 Å². The van der Waals surface area contributed by atoms with Gasteiger partial charge in [-0.2, -0.15) is 11.8 Å². The SMILES string of the molecule is CCCCCCCCCCCCCCOCC(CO[C@@H]1OC(CO)[C@@H](O)C(O)C1O)(CO[C@@H]1OC(CO)[C@@H](O)C(O)C1O)CSCC(COCCCCCCCCCCCCCC)(CO[C@H](O)/C(O)=C(/O)[C@H](O)CCO)CO[C@H](O)/C(O)=C(/O)[C@H](O)CCO. The van der Waals surface area contributed by atoms with Gasteiger partial charge in [-0.1, -0.05) is 155 Å². The molecule has 2 saturated heterocycles. The third kappa shape index (κ3) is 32.0. The summed E-state index contributed by atoms with van der Waals surface area (Å²) in [5.41, 5.74) is -3.09. The Hall–Kier alpha value is -1.85. The number of ether oxygens (including phenoxy) is 8. The number of hydrogen-bond donors (Lipinski definition) is 18. The maximum Gasteiger partial charge on any atom is 0.217 e. The van der Waals surface area contributed by atoms with Crippen LogP contribution < -0.4 is 0 Å². The summed E-state index contributed by atoms with van der Waals surface area (Å²) in [4.78, 5) is 0. The van der Waals surface area contributed by atoms with Crippen LogP contribution in [0, 0.1) is 10.8 Å². The molecule has 0 aromatic carbocycles. The van der Waals surface area contributed by atoms with Crippen molar-refractivity contribution in [2.45, 2.75) is 267 Å². The third-order valence-electron chi connectivity index (χ3n) is 16.2. The minimum atomic E-state index is -2.34. The normalized spacial score (nSPS) is 25.3. The third-order valence-corrected chi connectivity index (χ3v) is 17.9. The summed E-state index contributed by atoms with van der Waals surface area (Å²) >= 11 is 1.09. The van der Waals surface area contributed by atoms with Crippen molar-refractivity contribution in [1.82, 2.24) is 0 Å². The van der Waals surface area contributed by atoms with Crippen LogP contribution in [0.1, 0.15) is 181 Å². The highest BCUT2D eigenvalue weighted by Crippen LogP contribution is 2.36. The molecule has 0 aliphatic carbocycles. The second kappa shape index (κ2) is 48.8. The predicted octanol–water partition coefficient (Wildman–Crippen LogP) is 3.57. The average molecular weight is 1310 g/mol. The van der Waals surface area contributed by atoms with Gasteiger partial charge in [0.1, 0.15) is 61.0 Å². The van der Waals surface area contributed by atoms with E-state index in [4.69, 9.17) is 37.9 Å². The highest BCUT2D eigenvalue weighted by Gasteiger charge is 2.48. The van der Waals surface area contributed by atoms with Crippen molar-refractivity contribution in [3.63, 3.8) is 0 Å². The minimum Gasteiger partial charge on any atom is -0.506 e. The van der Waals surface area contributed by atoms with E-state index in [0.29, 0.717) is 12.8 Å². The van der Waals surface area contributed by atoms with E-state index in [1.165, 1.54) is 77.0 Å². The molecule has 0 aromatic rings. The molecule has 18 N–H and O–H groups in total. The Balaban J connectivity index is 2.67. The first-order valence-corrected chi connectivity index (χ1v) is 33.9. The number of aliphatic hydroxyl groups is 18. The molecule has 2 heterocycles. The van der Waals surface area contributed by atoms with Gasteiger partial charge in [0.25, 0.3) is 0 Å². The zero-order chi connectivity index (χ0) is 66.0. The van der Waals surface area contributed by atoms with E-state index in [9.17, 15) is 91.9 Å². The predicted molar refractivity (Wildman–Crippen MR) is 329 cm³/mol. The van der Waals surface area contributed by atoms with Crippen LogP contribution in [0.25, 0.3) is 0 Å². The maximum absolute atomic E-state index is 11.2. The average Bonchev–Trinajstić information content (AvgIpc) is 3.63. The van der Waals surface area contributed by atoms with Crippen LogP contribution in [0.5, 0.6) is 0 Å². The van der Waals surface area contributed by atoms with Crippen LogP contribution in [0.4, 0.5) is 0 Å². The molecule has 2 rings (SSSR count). The lowest BCUT2D eigenvalue weighted by Gasteiger charge is -2.43. The first kappa shape index (κ1) is 83.2. The Bertz CT molecular complexity index is 1720. The molecular weight excluding hydrogens is 1190 g/mol. The molecular formula is C62H118O26S. The summed E-state index contributed by atoms with van der Waals surface area (Å²) in [5.74, 6) is -4.98. The van der Waals surface area contributed by atoms with Crippen molar-refractivity contribution in [3.05, 3.63) is 23.0 Å². The van der Waals surface area contributed by atoms with E-state index < -0.39 is 186 Å². The van der Waals surface area contributed by atoms with Gasteiger partial charge in [0.2, 0.25) is 12.6 Å². The van der Waals surface area contributed by atoms with Gasteiger partial charge >= 0.3 is 0 Å². The number of rotatable bonds is 56. The lowest BCUT2D eigenvalue weighted by Crippen LogP contribution is -2.60. The molecule has 528 valence electrons. The zero-order valence-corrected chi connectivity index (χ0v) is 53.9. The summed E-state index contributed by atoms with van der Waals surface area (Å²) in [7, 11) is 0. The van der Waals surface area contributed by atoms with Crippen LogP contribution >= 0.6 is 11.8 Å². The fourth-order valence-electron chi connectivity index (χ4n) is 10.4. The number of unbranched alkanes of at least 4 members (excludes halogenated alkanes) is 22. The molecule has 14 atom stereocenters. The highest BCUT2D eigenvalue weighted by molar-refractivity contribution is 7.99. The number of aliphatic hydroxyl groups excluding tert-OH is 18. The Morgan fingerprint density at radius 2 is 0.697 bits per heavy atom. The van der Waals surface area contributed by atoms with Gasteiger partial charge in [-0.05, 0) is 12.8 Å². The Kier molecular flexibility index (Phi) is 45.6. The zero-order valence-electron chi connectivity index (χ0n) is 53.1. The van der Waals surface area contributed by atoms with E-state index in [0.717, 1.165) is 76.0 Å². The van der Waals surface area contributed by atoms with Crippen LogP contribution in [-0.4, -0.2) is 269 Å². The van der Waals surface area contributed by atoms with Gasteiger partial charge in [0, 0.05) is 61.6 Å². The van der Waals surface area contributed by atoms with Gasteiger partial charge in [0.05, 0.1) is 52.9 Å². The molecule has 0 aromatic heterocycles. The molecule has 27 heteroatoms. The van der Waals surface area contributed by atoms with Crippen molar-refractivity contribution in [2.24, 2.45) is 10.8 Å². The van der Waals surface area contributed by atoms with E-state index in [-0.39, 0.29) is 37.9 Å². The van der Waals surface area contributed by atoms with E-state index >= 15 is 0 Å². The lowest BCUT2D eigenvalue weighted by molar-refractivity contribution is -0.318. The van der Waals surface area contributed by atoms with Crippen LogP contribution in [0.3, 0.4) is 0 Å². The molecule has 2 aliphatic heterocycles. The molecule has 0 radical (unpaired) electrons. The first-order valence-electron chi connectivity index (χ1n) is 32.7. The summed E-state index contributed by atoms with van der Waals surface area (Å²) in [5, 5.41) is 190. The van der Waals surface area contributed by atoms with Crippen molar-refractivity contribution in [2.75, 3.05) is 90.8 Å². The van der Waals surface area contributed by atoms with Crippen LogP contribution in [-0.2, 0) is 37.9 Å². The van der Waals surface area contributed by atoms with Gasteiger partial charge < -0.3 is 130 Å². The second-order valence-corrected chi connectivity index (χ2v) is 25.3. The molecule has 26 nitrogen and oxygen atoms in total. The molecule has 89 heavy (non-hydrogen) atoms. The summed E-state index contributed by atoms with van der Waals surface area (Å²) in [6.45, 7) is -0.890. The molecule has 0 bridgehead atoms. The fourth-order valence-corrected chi connectivity index (χ4v) is 11.8. The van der Waals surface area contributed by atoms with Gasteiger partial charge in [-0.3, -0.25) is 0 Å². The first-order chi connectivity index (χ1) is 42.7. The largest absolute Gasteiger partial charge is 0.506 e. The molecule has 0 saturated carbocycles. The monoisotopic (exact) mass is 1310 g/mol. The number of hydrogen-bond acceptors (Lipinski definition) is 27. The molecule has 2 aliphatic rings. The van der Waals surface area contributed by atoms with Crippen molar-refractivity contribution in [3.8, 4) is 0 Å². The minimum absolute atomic E-state index is 0.134. The fraction of sp³-hybridized carbons (Fsp3) is 0.935. The highest BCUT2D eigenvalue weighted by atomic mass is 32.2. The van der Waals surface area contributed by atoms with E-state index in [1.54, 1.807) is 0 Å². The summed E-state index contributed by atoms with van der Waals surface area (Å²) < 4.78 is 48.1. The smallest absolute Gasteiger partial charge is 0.217 e. The van der Waals surface area contributed by atoms with Crippen molar-refractivity contribution in [1.29, 1.82) is 0 Å². The van der Waals surface area contributed by atoms with E-state index in [2.05, 4.69) is 13.8 Å². The topological polar surface area (TPSA) is 438 Å². The Morgan fingerprint density at radius 1 is 0.393 bits per heavy atom. The second-order valence-electron chi connectivity index (χ2n) is 24.3. The van der Waals surface area contributed by atoms with Gasteiger partial charge in [-0.25, -0.2) is 0 Å². The Morgan fingerprint density at radius 3 is 1.00 bits per heavy atom. The quantitative estimate of drug-likeness (QED) is 0.0235. The van der Waals surface area contributed by atoms with E-state index in [1.807, 2.05) is 0 Å². The van der Waals surface area contributed by atoms with Crippen LogP contribution in [0.15, 0.2) is 23.0 Å². The Labute approximate surface area is 531 Å². The molecule has 2 fully saturated rings. The van der Waals surface area contributed by atoms with Crippen molar-refractivity contribution >= 4 is 11.8 Å². The van der Waals surface area contributed by atoms with Gasteiger partial charge in [-0.15, -0.1) is 0 Å². The molecule has 0 spiro atoms. The lowest BCUT2D eigenvalue weighted by atomic mass is 9.92. The standard InChI is InChI=1S/C62H118O26S/c1-3-5-7-9-11-13-15-17-19-21-23-25-31-81-35-61(37-83-57(79)53(75)47(69)43(67)27-29-63,38-84-58(80)54(76)48(70)44(68)28-30-64)41-89-42-62(39-85-59-55(77)51(73)49(71)45(33-65)87-59,40-86-60-56(78)52(74)50(72)46(34-66)88-60)36-82-32-26-24-22-20-18-16-14-12-10-8-6-4-2/h43-46,49-52,55-60,63-80H,3-42H2,1-2H3/b53-47-,54-48-/t43-,44-,45?,46?,49-,50-,51?,52?,55?,56?,57+,58+,59-,60-,62?/m1/s1. The molecule has 6 unspecified atom stereocenters. The van der Waals surface area contributed by atoms with Gasteiger partial charge in [0.15, 0.2) is 35.6 Å². The summed E-state index contributed by atoms with van der Waals surface area (Å²) in [6.07, 6.45) is -0.281. The molecule has 0 amide bonds. The number of thioether (sulfide) groups is 1. The maximum atomic E-state index is 11.2.